The number of ether oxygens (including phenoxy) is 1. The summed E-state index contributed by atoms with van der Waals surface area (Å²) in [6, 6.07) is 7.15. The normalized spacial score (nSPS) is 23.6. The van der Waals surface area contributed by atoms with Crippen LogP contribution >= 0.6 is 0 Å². The molecule has 0 aromatic heterocycles. The third-order valence-electron chi connectivity index (χ3n) is 4.94. The predicted molar refractivity (Wildman–Crippen MR) is 90.4 cm³/mol. The highest BCUT2D eigenvalue weighted by Gasteiger charge is 2.39. The third-order valence-corrected chi connectivity index (χ3v) is 4.94. The molecule has 0 unspecified atom stereocenters. The molecule has 2 aliphatic heterocycles. The molecule has 1 aromatic rings. The Morgan fingerprint density at radius 1 is 1.16 bits per heavy atom. The van der Waals surface area contributed by atoms with Crippen LogP contribution in [0.15, 0.2) is 24.3 Å². The fourth-order valence-corrected chi connectivity index (χ4v) is 3.52. The van der Waals surface area contributed by atoms with Crippen molar-refractivity contribution >= 4 is 23.5 Å². The zero-order chi connectivity index (χ0) is 18.0. The lowest BCUT2D eigenvalue weighted by Gasteiger charge is -2.32. The van der Waals surface area contributed by atoms with Crippen LogP contribution in [0.2, 0.25) is 0 Å². The maximum atomic E-state index is 12.7. The van der Waals surface area contributed by atoms with E-state index in [0.717, 1.165) is 5.69 Å². The number of carbonyl (C=O) groups is 3. The molecule has 1 N–H and O–H groups in total. The van der Waals surface area contributed by atoms with Crippen LogP contribution in [0.5, 0.6) is 5.75 Å². The number of anilines is 1. The molecule has 0 bridgehead atoms. The number of hydrogen-bond acceptors (Lipinski definition) is 4. The maximum Gasteiger partial charge on any atom is 0.308 e. The lowest BCUT2D eigenvalue weighted by molar-refractivity contribution is -0.146. The van der Waals surface area contributed by atoms with Crippen molar-refractivity contribution in [1.29, 1.82) is 0 Å². The summed E-state index contributed by atoms with van der Waals surface area (Å²) in [5.41, 5.74) is 0.739. The first-order valence-corrected chi connectivity index (χ1v) is 8.45. The molecular formula is C18H22N2O5. The lowest BCUT2D eigenvalue weighted by atomic mass is 9.96. The summed E-state index contributed by atoms with van der Waals surface area (Å²) in [6.45, 7) is 1.13. The van der Waals surface area contributed by atoms with E-state index in [9.17, 15) is 14.4 Å². The summed E-state index contributed by atoms with van der Waals surface area (Å²) in [5, 5.41) is 9.17. The number of hydrogen-bond donors (Lipinski definition) is 1. The molecule has 25 heavy (non-hydrogen) atoms. The van der Waals surface area contributed by atoms with Crippen LogP contribution in [0.3, 0.4) is 0 Å². The van der Waals surface area contributed by atoms with Gasteiger partial charge in [0.05, 0.1) is 18.9 Å². The Balaban J connectivity index is 1.66. The summed E-state index contributed by atoms with van der Waals surface area (Å²) < 4.78 is 5.11. The van der Waals surface area contributed by atoms with E-state index in [4.69, 9.17) is 9.84 Å². The Morgan fingerprint density at radius 2 is 1.88 bits per heavy atom. The van der Waals surface area contributed by atoms with Gasteiger partial charge in [-0.1, -0.05) is 0 Å². The zero-order valence-electron chi connectivity index (χ0n) is 14.2. The van der Waals surface area contributed by atoms with Crippen molar-refractivity contribution in [2.45, 2.75) is 19.3 Å². The van der Waals surface area contributed by atoms with Crippen molar-refractivity contribution in [2.75, 3.05) is 31.6 Å². The van der Waals surface area contributed by atoms with E-state index in [1.165, 1.54) is 0 Å². The van der Waals surface area contributed by atoms with Gasteiger partial charge in [-0.25, -0.2) is 0 Å². The van der Waals surface area contributed by atoms with E-state index in [1.807, 2.05) is 0 Å². The minimum atomic E-state index is -0.861. The Labute approximate surface area is 146 Å². The van der Waals surface area contributed by atoms with Gasteiger partial charge in [-0.3, -0.25) is 14.4 Å². The Bertz CT molecular complexity index is 673. The fraction of sp³-hybridized carbons (Fsp3) is 0.500. The summed E-state index contributed by atoms with van der Waals surface area (Å²) in [5.74, 6) is -1.28. The average molecular weight is 346 g/mol. The minimum absolute atomic E-state index is 0.0877. The molecule has 3 rings (SSSR count). The first kappa shape index (κ1) is 17.3. The van der Waals surface area contributed by atoms with E-state index < -0.39 is 17.8 Å². The Hall–Kier alpha value is -2.57. The van der Waals surface area contributed by atoms with Crippen molar-refractivity contribution in [3.8, 4) is 5.75 Å². The van der Waals surface area contributed by atoms with E-state index in [0.29, 0.717) is 31.7 Å². The van der Waals surface area contributed by atoms with Crippen LogP contribution in [-0.4, -0.2) is 54.5 Å². The Morgan fingerprint density at radius 3 is 2.52 bits per heavy atom. The van der Waals surface area contributed by atoms with E-state index >= 15 is 0 Å². The van der Waals surface area contributed by atoms with Crippen LogP contribution in [0.25, 0.3) is 0 Å². The third kappa shape index (κ3) is 3.60. The number of aliphatic carboxylic acids is 1. The van der Waals surface area contributed by atoms with Gasteiger partial charge in [0, 0.05) is 31.7 Å². The molecule has 0 aliphatic carbocycles. The molecule has 2 aliphatic rings. The van der Waals surface area contributed by atoms with Crippen LogP contribution in [0, 0.1) is 11.8 Å². The number of likely N-dealkylation sites (tertiary alicyclic amines) is 1. The molecule has 7 heteroatoms. The second-order valence-electron chi connectivity index (χ2n) is 6.57. The average Bonchev–Trinajstić information content (AvgIpc) is 3.03. The highest BCUT2D eigenvalue weighted by atomic mass is 16.5. The van der Waals surface area contributed by atoms with Gasteiger partial charge in [0.15, 0.2) is 0 Å². The molecule has 2 heterocycles. The topological polar surface area (TPSA) is 87.2 Å². The van der Waals surface area contributed by atoms with Gasteiger partial charge in [-0.2, -0.15) is 0 Å². The number of carbonyl (C=O) groups excluding carboxylic acids is 2. The van der Waals surface area contributed by atoms with E-state index in [-0.39, 0.29) is 24.8 Å². The molecule has 1 aromatic carbocycles. The van der Waals surface area contributed by atoms with Crippen LogP contribution in [-0.2, 0) is 14.4 Å². The molecule has 0 saturated carbocycles. The minimum Gasteiger partial charge on any atom is -0.497 e. The quantitative estimate of drug-likeness (QED) is 0.890. The predicted octanol–water partition coefficient (Wildman–Crippen LogP) is 1.37. The molecule has 0 radical (unpaired) electrons. The second-order valence-corrected chi connectivity index (χ2v) is 6.57. The fourth-order valence-electron chi connectivity index (χ4n) is 3.52. The highest BCUT2D eigenvalue weighted by Crippen LogP contribution is 2.29. The van der Waals surface area contributed by atoms with E-state index in [2.05, 4.69) is 0 Å². The molecule has 0 spiro atoms. The van der Waals surface area contributed by atoms with Gasteiger partial charge in [0.25, 0.3) is 0 Å². The van der Waals surface area contributed by atoms with Crippen LogP contribution in [0.4, 0.5) is 5.69 Å². The number of nitrogens with zero attached hydrogens (tertiary/aromatic N) is 2. The smallest absolute Gasteiger partial charge is 0.308 e. The van der Waals surface area contributed by atoms with Crippen molar-refractivity contribution in [3.63, 3.8) is 0 Å². The number of piperidine rings is 1. The summed E-state index contributed by atoms with van der Waals surface area (Å²) >= 11 is 0. The highest BCUT2D eigenvalue weighted by molar-refractivity contribution is 6.00. The van der Waals surface area contributed by atoms with Gasteiger partial charge in [-0.05, 0) is 37.1 Å². The maximum absolute atomic E-state index is 12.7. The number of methoxy groups -OCH3 is 1. The van der Waals surface area contributed by atoms with Crippen molar-refractivity contribution in [3.05, 3.63) is 24.3 Å². The van der Waals surface area contributed by atoms with Crippen LogP contribution < -0.4 is 9.64 Å². The Kier molecular flexibility index (Phi) is 4.92. The van der Waals surface area contributed by atoms with Gasteiger partial charge in [-0.15, -0.1) is 0 Å². The van der Waals surface area contributed by atoms with Gasteiger partial charge in [0.2, 0.25) is 11.8 Å². The van der Waals surface area contributed by atoms with Crippen molar-refractivity contribution in [2.24, 2.45) is 11.8 Å². The van der Waals surface area contributed by atoms with E-state index in [1.54, 1.807) is 41.2 Å². The molecule has 2 fully saturated rings. The second kappa shape index (κ2) is 7.13. The first-order valence-electron chi connectivity index (χ1n) is 8.45. The van der Waals surface area contributed by atoms with Gasteiger partial charge < -0.3 is 19.6 Å². The molecule has 2 saturated heterocycles. The molecule has 2 amide bonds. The molecule has 2 atom stereocenters. The molecule has 7 nitrogen and oxygen atoms in total. The number of benzene rings is 1. The number of rotatable bonds is 4. The standard InChI is InChI=1S/C18H22N2O5/c1-25-15-6-4-14(5-7-15)20-11-13(9-16(20)21)17(22)19-8-2-3-12(10-19)18(23)24/h4-7,12-13H,2-3,8-11H2,1H3,(H,23,24)/t12-,13-/m1/s1. The van der Waals surface area contributed by atoms with Crippen LogP contribution in [0.1, 0.15) is 19.3 Å². The number of carboxylic acid groups (broad SMARTS) is 1. The number of amides is 2. The molecule has 134 valence electrons. The summed E-state index contributed by atoms with van der Waals surface area (Å²) in [6.07, 6.45) is 1.45. The summed E-state index contributed by atoms with van der Waals surface area (Å²) in [4.78, 5) is 39.4. The molecular weight excluding hydrogens is 324 g/mol. The zero-order valence-corrected chi connectivity index (χ0v) is 14.2. The SMILES string of the molecule is COc1ccc(N2C[C@H](C(=O)N3CCC[C@@H](C(=O)O)C3)CC2=O)cc1. The van der Waals surface area contributed by atoms with Crippen molar-refractivity contribution in [1.82, 2.24) is 4.90 Å². The number of carboxylic acids is 1. The first-order chi connectivity index (χ1) is 12.0. The largest absolute Gasteiger partial charge is 0.497 e. The summed E-state index contributed by atoms with van der Waals surface area (Å²) in [7, 11) is 1.58. The van der Waals surface area contributed by atoms with Gasteiger partial charge >= 0.3 is 5.97 Å². The van der Waals surface area contributed by atoms with Gasteiger partial charge in [0.1, 0.15) is 5.75 Å². The lowest BCUT2D eigenvalue weighted by Crippen LogP contribution is -2.45. The van der Waals surface area contributed by atoms with Crippen molar-refractivity contribution < 1.29 is 24.2 Å². The monoisotopic (exact) mass is 346 g/mol.